The Balaban J connectivity index is 2.36. The molecule has 0 aliphatic heterocycles. The molecule has 18 heavy (non-hydrogen) atoms. The molecule has 0 aliphatic carbocycles. The van der Waals surface area contributed by atoms with Crippen molar-refractivity contribution in [1.29, 1.82) is 0 Å². The summed E-state index contributed by atoms with van der Waals surface area (Å²) < 4.78 is 2.04. The monoisotopic (exact) mass is 243 g/mol. The average molecular weight is 243 g/mol. The molecule has 0 saturated carbocycles. The van der Waals surface area contributed by atoms with Crippen LogP contribution in [0.25, 0.3) is 5.65 Å². The standard InChI is InChI=1S/C14H17N3O/c1-11-13(8-12(10-18)9-16(2)3)4-5-14-15-6-7-17(11)14/h4-7,9-10H,8H2,1-3H3/b12-9-. The highest BCUT2D eigenvalue weighted by Crippen LogP contribution is 2.15. The zero-order valence-corrected chi connectivity index (χ0v) is 10.9. The van der Waals surface area contributed by atoms with Gasteiger partial charge in [-0.3, -0.25) is 4.79 Å². The van der Waals surface area contributed by atoms with Crippen molar-refractivity contribution >= 4 is 11.9 Å². The van der Waals surface area contributed by atoms with E-state index in [1.54, 1.807) is 6.20 Å². The minimum absolute atomic E-state index is 0.641. The smallest absolute Gasteiger partial charge is 0.147 e. The Morgan fingerprint density at radius 1 is 1.44 bits per heavy atom. The molecule has 2 aromatic rings. The number of allylic oxidation sites excluding steroid dienone is 1. The van der Waals surface area contributed by atoms with E-state index in [1.807, 2.05) is 54.8 Å². The quantitative estimate of drug-likeness (QED) is 0.607. The van der Waals surface area contributed by atoms with Gasteiger partial charge in [-0.05, 0) is 18.6 Å². The van der Waals surface area contributed by atoms with Gasteiger partial charge in [0, 0.05) is 50.4 Å². The van der Waals surface area contributed by atoms with E-state index in [0.29, 0.717) is 6.42 Å². The number of carbonyl (C=O) groups is 1. The second-order valence-electron chi connectivity index (χ2n) is 4.56. The summed E-state index contributed by atoms with van der Waals surface area (Å²) in [7, 11) is 3.82. The van der Waals surface area contributed by atoms with Crippen LogP contribution in [0, 0.1) is 6.92 Å². The number of aryl methyl sites for hydroxylation is 1. The Kier molecular flexibility index (Phi) is 3.46. The lowest BCUT2D eigenvalue weighted by atomic mass is 10.1. The zero-order valence-electron chi connectivity index (χ0n) is 10.9. The molecule has 0 unspecified atom stereocenters. The maximum absolute atomic E-state index is 11.1. The fourth-order valence-electron chi connectivity index (χ4n) is 2.03. The van der Waals surface area contributed by atoms with E-state index in [2.05, 4.69) is 4.98 Å². The molecule has 2 heterocycles. The predicted molar refractivity (Wildman–Crippen MR) is 71.5 cm³/mol. The van der Waals surface area contributed by atoms with Gasteiger partial charge >= 0.3 is 0 Å². The van der Waals surface area contributed by atoms with Crippen LogP contribution in [0.2, 0.25) is 0 Å². The molecule has 0 aliphatic rings. The van der Waals surface area contributed by atoms with Gasteiger partial charge in [0.05, 0.1) is 0 Å². The molecule has 2 aromatic heterocycles. The fourth-order valence-corrected chi connectivity index (χ4v) is 2.03. The summed E-state index contributed by atoms with van der Waals surface area (Å²) in [5, 5.41) is 0. The largest absolute Gasteiger partial charge is 0.383 e. The predicted octanol–water partition coefficient (Wildman–Crippen LogP) is 1.83. The second kappa shape index (κ2) is 5.04. The molecular weight excluding hydrogens is 226 g/mol. The van der Waals surface area contributed by atoms with Crippen LogP contribution in [0.15, 0.2) is 36.3 Å². The molecule has 94 valence electrons. The van der Waals surface area contributed by atoms with Crippen molar-refractivity contribution in [3.63, 3.8) is 0 Å². The molecule has 0 aromatic carbocycles. The molecule has 4 heteroatoms. The van der Waals surface area contributed by atoms with E-state index in [1.165, 1.54) is 0 Å². The number of hydrogen-bond acceptors (Lipinski definition) is 3. The molecule has 0 amide bonds. The molecule has 0 spiro atoms. The number of imidazole rings is 1. The average Bonchev–Trinajstić information content (AvgIpc) is 2.80. The summed E-state index contributed by atoms with van der Waals surface area (Å²) in [6.45, 7) is 2.04. The summed E-state index contributed by atoms with van der Waals surface area (Å²) in [6.07, 6.45) is 7.12. The SMILES string of the molecule is Cc1c(C/C(C=O)=C/N(C)C)ccc2nccn12. The second-order valence-corrected chi connectivity index (χ2v) is 4.56. The molecular formula is C14H17N3O. The first kappa shape index (κ1) is 12.4. The first-order chi connectivity index (χ1) is 8.61. The maximum Gasteiger partial charge on any atom is 0.147 e. The van der Waals surface area contributed by atoms with Crippen LogP contribution in [0.1, 0.15) is 11.3 Å². The summed E-state index contributed by atoms with van der Waals surface area (Å²) in [5.41, 5.74) is 3.96. The number of carbonyl (C=O) groups excluding carboxylic acids is 1. The molecule has 0 radical (unpaired) electrons. The van der Waals surface area contributed by atoms with Crippen LogP contribution in [-0.4, -0.2) is 34.7 Å². The van der Waals surface area contributed by atoms with Crippen LogP contribution in [-0.2, 0) is 11.2 Å². The Labute approximate surface area is 107 Å². The molecule has 4 nitrogen and oxygen atoms in total. The number of pyridine rings is 1. The minimum Gasteiger partial charge on any atom is -0.383 e. The van der Waals surface area contributed by atoms with Crippen LogP contribution >= 0.6 is 0 Å². The van der Waals surface area contributed by atoms with Crippen molar-refractivity contribution in [2.24, 2.45) is 0 Å². The van der Waals surface area contributed by atoms with Crippen molar-refractivity contribution < 1.29 is 4.79 Å². The Hall–Kier alpha value is -2.10. The normalized spacial score (nSPS) is 11.8. The first-order valence-corrected chi connectivity index (χ1v) is 5.85. The highest BCUT2D eigenvalue weighted by molar-refractivity contribution is 5.74. The van der Waals surface area contributed by atoms with E-state index < -0.39 is 0 Å². The lowest BCUT2D eigenvalue weighted by molar-refractivity contribution is -0.105. The molecule has 0 fully saturated rings. The summed E-state index contributed by atoms with van der Waals surface area (Å²) >= 11 is 0. The van der Waals surface area contributed by atoms with Crippen molar-refractivity contribution in [3.05, 3.63) is 47.6 Å². The van der Waals surface area contributed by atoms with Crippen LogP contribution < -0.4 is 0 Å². The van der Waals surface area contributed by atoms with E-state index >= 15 is 0 Å². The van der Waals surface area contributed by atoms with Crippen molar-refractivity contribution in [2.45, 2.75) is 13.3 Å². The highest BCUT2D eigenvalue weighted by Gasteiger charge is 2.06. The lowest BCUT2D eigenvalue weighted by Crippen LogP contribution is -2.06. The van der Waals surface area contributed by atoms with Gasteiger partial charge in [0.1, 0.15) is 11.9 Å². The van der Waals surface area contributed by atoms with E-state index in [-0.39, 0.29) is 0 Å². The van der Waals surface area contributed by atoms with Gasteiger partial charge in [-0.25, -0.2) is 4.98 Å². The third-order valence-electron chi connectivity index (χ3n) is 2.90. The number of fused-ring (bicyclic) bond motifs is 1. The van der Waals surface area contributed by atoms with Gasteiger partial charge in [-0.2, -0.15) is 0 Å². The lowest BCUT2D eigenvalue weighted by Gasteiger charge is -2.10. The Morgan fingerprint density at radius 2 is 2.22 bits per heavy atom. The van der Waals surface area contributed by atoms with Crippen LogP contribution in [0.4, 0.5) is 0 Å². The molecule has 0 saturated heterocycles. The maximum atomic E-state index is 11.1. The number of aldehydes is 1. The van der Waals surface area contributed by atoms with Gasteiger partial charge in [0.25, 0.3) is 0 Å². The third kappa shape index (κ3) is 2.42. The molecule has 0 N–H and O–H groups in total. The summed E-state index contributed by atoms with van der Waals surface area (Å²) in [4.78, 5) is 17.2. The van der Waals surface area contributed by atoms with Gasteiger partial charge < -0.3 is 9.30 Å². The van der Waals surface area contributed by atoms with E-state index in [4.69, 9.17) is 0 Å². The van der Waals surface area contributed by atoms with Gasteiger partial charge in [0.2, 0.25) is 0 Å². The Bertz CT molecular complexity index is 596. The van der Waals surface area contributed by atoms with Gasteiger partial charge in [-0.1, -0.05) is 6.07 Å². The molecule has 2 rings (SSSR count). The molecule has 0 bridgehead atoms. The zero-order chi connectivity index (χ0) is 13.1. The highest BCUT2D eigenvalue weighted by atomic mass is 16.1. The minimum atomic E-state index is 0.641. The van der Waals surface area contributed by atoms with Crippen LogP contribution in [0.5, 0.6) is 0 Å². The Morgan fingerprint density at radius 3 is 2.89 bits per heavy atom. The van der Waals surface area contributed by atoms with Crippen molar-refractivity contribution in [3.8, 4) is 0 Å². The first-order valence-electron chi connectivity index (χ1n) is 5.85. The number of rotatable bonds is 4. The fraction of sp³-hybridized carbons (Fsp3) is 0.286. The topological polar surface area (TPSA) is 37.6 Å². The van der Waals surface area contributed by atoms with E-state index in [0.717, 1.165) is 28.8 Å². The summed E-state index contributed by atoms with van der Waals surface area (Å²) in [5.74, 6) is 0. The van der Waals surface area contributed by atoms with E-state index in [9.17, 15) is 4.79 Å². The van der Waals surface area contributed by atoms with Gasteiger partial charge in [-0.15, -0.1) is 0 Å². The van der Waals surface area contributed by atoms with Gasteiger partial charge in [0.15, 0.2) is 0 Å². The number of hydrogen-bond donors (Lipinski definition) is 0. The van der Waals surface area contributed by atoms with Crippen molar-refractivity contribution in [2.75, 3.05) is 14.1 Å². The van der Waals surface area contributed by atoms with Crippen LogP contribution in [0.3, 0.4) is 0 Å². The van der Waals surface area contributed by atoms with Crippen molar-refractivity contribution in [1.82, 2.24) is 14.3 Å². The molecule has 0 atom stereocenters. The summed E-state index contributed by atoms with van der Waals surface area (Å²) in [6, 6.07) is 4.01. The number of aromatic nitrogens is 2. The third-order valence-corrected chi connectivity index (χ3v) is 2.90. The number of nitrogens with zero attached hydrogens (tertiary/aromatic N) is 3.